The maximum Gasteiger partial charge on any atom is 0.0630 e. The largest absolute Gasteiger partial charge is 0.309 e. The number of hydrogen-bond donors (Lipinski definition) is 0. The maximum absolute atomic E-state index is 8.67. The number of rotatable bonds is 3. The molecule has 0 saturated heterocycles. The molecular weight excluding hydrogens is 484 g/mol. The Morgan fingerprint density at radius 3 is 1.05 bits per heavy atom. The Bertz CT molecular complexity index is 2560. The van der Waals surface area contributed by atoms with E-state index < -0.39 is 0 Å². The fraction of sp³-hybridized carbons (Fsp3) is 0.0526. The molecule has 0 aliphatic heterocycles. The zero-order valence-electron chi connectivity index (χ0n) is 33.7. The first kappa shape index (κ1) is 13.8. The Balaban J connectivity index is 1.31. The first-order valence-electron chi connectivity index (χ1n) is 18.9. The predicted molar refractivity (Wildman–Crippen MR) is 170 cm³/mol. The fourth-order valence-electron chi connectivity index (χ4n) is 5.82. The van der Waals surface area contributed by atoms with Crippen molar-refractivity contribution >= 4 is 43.6 Å². The molecule has 0 radical (unpaired) electrons. The van der Waals surface area contributed by atoms with Crippen molar-refractivity contribution in [2.24, 2.45) is 0 Å². The Morgan fingerprint density at radius 2 is 0.750 bits per heavy atom. The average Bonchev–Trinajstić information content (AvgIpc) is 3.60. The second kappa shape index (κ2) is 8.72. The summed E-state index contributed by atoms with van der Waals surface area (Å²) in [7, 11) is 0. The summed E-state index contributed by atoms with van der Waals surface area (Å²) in [6.07, 6.45) is 0. The number of hydrogen-bond acceptors (Lipinski definition) is 0. The molecule has 8 aromatic rings. The van der Waals surface area contributed by atoms with Gasteiger partial charge in [0, 0.05) is 32.9 Å². The van der Waals surface area contributed by atoms with Crippen molar-refractivity contribution in [3.05, 3.63) is 144 Å². The summed E-state index contributed by atoms with van der Waals surface area (Å²) in [6.45, 7) is 3.89. The summed E-state index contributed by atoms with van der Waals surface area (Å²) >= 11 is 0. The Kier molecular flexibility index (Phi) is 3.01. The van der Waals surface area contributed by atoms with Gasteiger partial charge in [-0.25, -0.2) is 0 Å². The first-order valence-corrected chi connectivity index (χ1v) is 12.9. The topological polar surface area (TPSA) is 9.86 Å². The monoisotopic (exact) mass is 524 g/mol. The molecule has 2 nitrogen and oxygen atoms in total. The van der Waals surface area contributed by atoms with Gasteiger partial charge in [-0.15, -0.1) is 0 Å². The van der Waals surface area contributed by atoms with Crippen LogP contribution in [0.15, 0.2) is 133 Å². The highest BCUT2D eigenvalue weighted by Crippen LogP contribution is 2.36. The average molecular weight is 525 g/mol. The number of aromatic nitrogens is 2. The number of benzene rings is 6. The molecule has 2 heterocycles. The zero-order valence-corrected chi connectivity index (χ0v) is 21.7. The third-order valence-electron chi connectivity index (χ3n) is 7.59. The lowest BCUT2D eigenvalue weighted by Crippen LogP contribution is -1.98. The highest BCUT2D eigenvalue weighted by Gasteiger charge is 2.15. The smallest absolute Gasteiger partial charge is 0.0630 e. The third kappa shape index (κ3) is 3.29. The number of aryl methyl sites for hydroxylation is 2. The molecule has 190 valence electrons. The number of nitrogens with zero attached hydrogens (tertiary/aromatic N) is 2. The van der Waals surface area contributed by atoms with E-state index in [1.807, 2.05) is 50.2 Å². The molecule has 2 heteroatoms. The van der Waals surface area contributed by atoms with E-state index >= 15 is 0 Å². The van der Waals surface area contributed by atoms with E-state index in [0.717, 1.165) is 22.3 Å². The van der Waals surface area contributed by atoms with Gasteiger partial charge in [0.2, 0.25) is 0 Å². The quantitative estimate of drug-likeness (QED) is 0.218. The Hall–Kier alpha value is -5.08. The van der Waals surface area contributed by atoms with Gasteiger partial charge >= 0.3 is 0 Å². The van der Waals surface area contributed by atoms with Crippen LogP contribution in [0.3, 0.4) is 0 Å². The van der Waals surface area contributed by atoms with Crippen molar-refractivity contribution in [3.63, 3.8) is 0 Å². The molecule has 0 atom stereocenters. The molecule has 0 fully saturated rings. The highest BCUT2D eigenvalue weighted by atomic mass is 15.0. The normalized spacial score (nSPS) is 15.9. The van der Waals surface area contributed by atoms with Crippen LogP contribution in [0.1, 0.15) is 27.6 Å². The summed E-state index contributed by atoms with van der Waals surface area (Å²) in [6, 6.07) is 14.9. The van der Waals surface area contributed by atoms with Crippen LogP contribution in [0.4, 0.5) is 0 Å². The highest BCUT2D eigenvalue weighted by molar-refractivity contribution is 6.10. The maximum atomic E-state index is 8.67. The molecule has 0 spiro atoms. The molecule has 8 rings (SSSR count). The second-order valence-corrected chi connectivity index (χ2v) is 9.86. The summed E-state index contributed by atoms with van der Waals surface area (Å²) < 4.78 is 105. The molecule has 0 aliphatic rings. The van der Waals surface area contributed by atoms with Gasteiger partial charge in [-0.05, 0) is 84.6 Å². The molecule has 0 aliphatic carbocycles. The molecule has 0 saturated carbocycles. The van der Waals surface area contributed by atoms with Gasteiger partial charge in [-0.3, -0.25) is 0 Å². The van der Waals surface area contributed by atoms with Crippen LogP contribution in [0.2, 0.25) is 0 Å². The standard InChI is InChI=1S/C38H28N2/c1-25-23-27(39-35-15-7-3-11-31(35)32-12-4-8-16-36(32)39)19-21-29(25)30-22-20-28(24-26(30)2)40-37-17-9-5-13-33(37)34-14-6-10-18-38(34)40/h3-24H,1-2H3/i3D,4D,5D,6D,7D,8D,9D,10D,11D,12D,13D,14D. The van der Waals surface area contributed by atoms with Crippen molar-refractivity contribution in [2.75, 3.05) is 0 Å². The zero-order chi connectivity index (χ0) is 37.2. The first-order chi connectivity index (χ1) is 24.6. The molecule has 40 heavy (non-hydrogen) atoms. The lowest BCUT2D eigenvalue weighted by Gasteiger charge is -2.15. The van der Waals surface area contributed by atoms with Crippen molar-refractivity contribution in [1.29, 1.82) is 0 Å². The van der Waals surface area contributed by atoms with Gasteiger partial charge in [0.1, 0.15) is 0 Å². The van der Waals surface area contributed by atoms with Crippen LogP contribution in [0.25, 0.3) is 66.1 Å². The minimum absolute atomic E-state index is 0.145. The molecule has 0 bridgehead atoms. The molecular formula is C38H28N2. The van der Waals surface area contributed by atoms with Crippen molar-refractivity contribution in [3.8, 4) is 22.5 Å². The molecule has 0 N–H and O–H groups in total. The van der Waals surface area contributed by atoms with Crippen molar-refractivity contribution in [2.45, 2.75) is 13.8 Å². The van der Waals surface area contributed by atoms with E-state index in [4.69, 9.17) is 16.4 Å². The molecule has 2 aromatic heterocycles. The third-order valence-corrected chi connectivity index (χ3v) is 7.59. The number of fused-ring (bicyclic) bond motifs is 6. The lowest BCUT2D eigenvalue weighted by atomic mass is 9.95. The summed E-state index contributed by atoms with van der Waals surface area (Å²) in [5, 5.41) is 1.15. The minimum atomic E-state index is -0.276. The van der Waals surface area contributed by atoms with Crippen molar-refractivity contribution < 1.29 is 16.4 Å². The van der Waals surface area contributed by atoms with Gasteiger partial charge in [0.05, 0.1) is 38.5 Å². The predicted octanol–water partition coefficient (Wildman–Crippen LogP) is 10.2. The van der Waals surface area contributed by atoms with E-state index in [1.54, 1.807) is 9.13 Å². The van der Waals surface area contributed by atoms with E-state index in [-0.39, 0.29) is 94.1 Å². The SMILES string of the molecule is [2H]c1cc2c(c([2H])c1[2H])c1c([2H])c([2H])c([2H])cc1n2-c1ccc(-c2ccc(-n3c4cc([2H])c([2H])c([2H])c4c4c([2H])c([2H])c([2H])cc43)cc2C)c(C)c1. The summed E-state index contributed by atoms with van der Waals surface area (Å²) in [4.78, 5) is 0. The van der Waals surface area contributed by atoms with E-state index in [9.17, 15) is 0 Å². The van der Waals surface area contributed by atoms with E-state index in [0.29, 0.717) is 33.4 Å². The lowest BCUT2D eigenvalue weighted by molar-refractivity contribution is 1.16. The Labute approximate surface area is 250 Å². The molecule has 6 aromatic carbocycles. The van der Waals surface area contributed by atoms with Crippen LogP contribution in [-0.4, -0.2) is 9.13 Å². The van der Waals surface area contributed by atoms with Crippen molar-refractivity contribution in [1.82, 2.24) is 9.13 Å². The van der Waals surface area contributed by atoms with Crippen LogP contribution >= 0.6 is 0 Å². The number of para-hydroxylation sites is 4. The summed E-state index contributed by atoms with van der Waals surface area (Å²) in [5.41, 5.74) is 6.64. The van der Waals surface area contributed by atoms with Gasteiger partial charge in [0.15, 0.2) is 0 Å². The van der Waals surface area contributed by atoms with Gasteiger partial charge in [0.25, 0.3) is 0 Å². The van der Waals surface area contributed by atoms with Crippen LogP contribution in [0, 0.1) is 13.8 Å². The van der Waals surface area contributed by atoms with Crippen LogP contribution < -0.4 is 0 Å². The van der Waals surface area contributed by atoms with E-state index in [2.05, 4.69) is 0 Å². The van der Waals surface area contributed by atoms with E-state index in [1.165, 1.54) is 24.3 Å². The molecule has 0 unspecified atom stereocenters. The van der Waals surface area contributed by atoms with Gasteiger partial charge in [-0.2, -0.15) is 0 Å². The van der Waals surface area contributed by atoms with Gasteiger partial charge < -0.3 is 9.13 Å². The van der Waals surface area contributed by atoms with Crippen LogP contribution in [0.5, 0.6) is 0 Å². The Morgan fingerprint density at radius 1 is 0.425 bits per heavy atom. The van der Waals surface area contributed by atoms with Gasteiger partial charge in [-0.1, -0.05) is 84.6 Å². The summed E-state index contributed by atoms with van der Waals surface area (Å²) in [5.74, 6) is 0. The minimum Gasteiger partial charge on any atom is -0.309 e. The second-order valence-electron chi connectivity index (χ2n) is 9.86. The van der Waals surface area contributed by atoms with Crippen LogP contribution in [-0.2, 0) is 0 Å². The fourth-order valence-corrected chi connectivity index (χ4v) is 5.82. The molecule has 0 amide bonds.